The molecule has 0 saturated carbocycles. The molecule has 0 fully saturated rings. The minimum absolute atomic E-state index is 0.180. The number of aryl methyl sites for hydroxylation is 1. The summed E-state index contributed by atoms with van der Waals surface area (Å²) in [5.74, 6) is -0.180. The number of nitrogens with two attached hydrogens (primary N) is 1. The van der Waals surface area contributed by atoms with E-state index in [2.05, 4.69) is 15.5 Å². The molecule has 0 aliphatic carbocycles. The fraction of sp³-hybridized carbons (Fsp3) is 0.357. The van der Waals surface area contributed by atoms with Crippen LogP contribution >= 0.6 is 11.3 Å². The minimum atomic E-state index is -0.180. The number of carbonyl (C=O) groups excluding carboxylic acids is 1. The highest BCUT2D eigenvalue weighted by Gasteiger charge is 2.11. The van der Waals surface area contributed by atoms with Crippen molar-refractivity contribution < 1.29 is 4.79 Å². The van der Waals surface area contributed by atoms with Gasteiger partial charge in [-0.15, -0.1) is 10.2 Å². The van der Waals surface area contributed by atoms with Crippen LogP contribution in [0.4, 0.5) is 10.8 Å². The number of hydrogen-bond donors (Lipinski definition) is 2. The van der Waals surface area contributed by atoms with Gasteiger partial charge in [-0.3, -0.25) is 10.1 Å². The van der Waals surface area contributed by atoms with E-state index in [1.807, 2.05) is 37.2 Å². The zero-order chi connectivity index (χ0) is 15.2. The number of nitrogens with zero attached hydrogens (tertiary/aromatic N) is 3. The summed E-state index contributed by atoms with van der Waals surface area (Å²) in [4.78, 5) is 14.2. The zero-order valence-corrected chi connectivity index (χ0v) is 13.0. The molecule has 6 nitrogen and oxygen atoms in total. The van der Waals surface area contributed by atoms with Gasteiger partial charge in [0.25, 0.3) is 5.91 Å². The van der Waals surface area contributed by atoms with Crippen LogP contribution in [0, 0.1) is 0 Å². The molecule has 3 N–H and O–H groups in total. The summed E-state index contributed by atoms with van der Waals surface area (Å²) in [6.45, 7) is 0.624. The van der Waals surface area contributed by atoms with Gasteiger partial charge in [0.15, 0.2) is 0 Å². The second kappa shape index (κ2) is 7.14. The molecule has 0 aliphatic heterocycles. The molecular formula is C14H19N5OS. The molecule has 0 spiro atoms. The Morgan fingerprint density at radius 3 is 2.90 bits per heavy atom. The number of benzene rings is 1. The Morgan fingerprint density at radius 2 is 2.19 bits per heavy atom. The van der Waals surface area contributed by atoms with Gasteiger partial charge in [-0.05, 0) is 31.2 Å². The molecule has 1 aromatic carbocycles. The van der Waals surface area contributed by atoms with Crippen molar-refractivity contribution in [3.63, 3.8) is 0 Å². The fourth-order valence-electron chi connectivity index (χ4n) is 1.75. The number of amides is 1. The Kier molecular flexibility index (Phi) is 5.24. The Balaban J connectivity index is 2.04. The lowest BCUT2D eigenvalue weighted by molar-refractivity contribution is 0.102. The predicted octanol–water partition coefficient (Wildman–Crippen LogP) is 1.75. The molecule has 0 bridgehead atoms. The maximum atomic E-state index is 12.2. The predicted molar refractivity (Wildman–Crippen MR) is 86.0 cm³/mol. The third-order valence-electron chi connectivity index (χ3n) is 2.91. The molecule has 0 radical (unpaired) electrons. The highest BCUT2D eigenvalue weighted by Crippen LogP contribution is 2.19. The van der Waals surface area contributed by atoms with Crippen LogP contribution in [-0.2, 0) is 6.42 Å². The van der Waals surface area contributed by atoms with E-state index >= 15 is 0 Å². The van der Waals surface area contributed by atoms with Gasteiger partial charge in [0, 0.05) is 31.8 Å². The molecule has 1 heterocycles. The number of aromatic nitrogens is 2. The number of anilines is 2. The normalized spacial score (nSPS) is 10.4. The highest BCUT2D eigenvalue weighted by atomic mass is 32.1. The Hall–Kier alpha value is -1.99. The number of rotatable bonds is 6. The summed E-state index contributed by atoms with van der Waals surface area (Å²) in [6, 6.07) is 7.42. The van der Waals surface area contributed by atoms with Crippen molar-refractivity contribution >= 4 is 28.1 Å². The van der Waals surface area contributed by atoms with E-state index in [1.165, 1.54) is 11.3 Å². The van der Waals surface area contributed by atoms with Crippen LogP contribution in [0.5, 0.6) is 0 Å². The lowest BCUT2D eigenvalue weighted by Crippen LogP contribution is -2.14. The standard InChI is InChI=1S/C14H19N5OS/c1-19(2)11-6-3-5-10(9-11)13(20)16-14-18-17-12(21-14)7-4-8-15/h3,5-6,9H,4,7-8,15H2,1-2H3,(H,16,18,20). The van der Waals surface area contributed by atoms with Crippen molar-refractivity contribution in [1.82, 2.24) is 10.2 Å². The SMILES string of the molecule is CN(C)c1cccc(C(=O)Nc2nnc(CCCN)s2)c1. The van der Waals surface area contributed by atoms with Crippen molar-refractivity contribution in [2.75, 3.05) is 30.9 Å². The topological polar surface area (TPSA) is 84.1 Å². The Morgan fingerprint density at radius 1 is 1.38 bits per heavy atom. The van der Waals surface area contributed by atoms with Gasteiger partial charge in [0.2, 0.25) is 5.13 Å². The number of carbonyl (C=O) groups is 1. The van der Waals surface area contributed by atoms with Crippen LogP contribution in [0.15, 0.2) is 24.3 Å². The van der Waals surface area contributed by atoms with Crippen LogP contribution in [0.3, 0.4) is 0 Å². The van der Waals surface area contributed by atoms with Crippen LogP contribution in [0.25, 0.3) is 0 Å². The van der Waals surface area contributed by atoms with Gasteiger partial charge in [-0.25, -0.2) is 0 Å². The van der Waals surface area contributed by atoms with Gasteiger partial charge >= 0.3 is 0 Å². The molecule has 0 aliphatic rings. The van der Waals surface area contributed by atoms with Gasteiger partial charge in [-0.1, -0.05) is 17.4 Å². The lowest BCUT2D eigenvalue weighted by Gasteiger charge is -2.13. The maximum absolute atomic E-state index is 12.2. The van der Waals surface area contributed by atoms with Gasteiger partial charge in [-0.2, -0.15) is 0 Å². The maximum Gasteiger partial charge on any atom is 0.257 e. The number of nitrogens with one attached hydrogen (secondary N) is 1. The fourth-order valence-corrected chi connectivity index (χ4v) is 2.53. The summed E-state index contributed by atoms with van der Waals surface area (Å²) >= 11 is 1.39. The van der Waals surface area contributed by atoms with Crippen molar-refractivity contribution in [1.29, 1.82) is 0 Å². The number of hydrogen-bond acceptors (Lipinski definition) is 6. The first kappa shape index (κ1) is 15.4. The monoisotopic (exact) mass is 305 g/mol. The van der Waals surface area contributed by atoms with E-state index < -0.39 is 0 Å². The molecular weight excluding hydrogens is 286 g/mol. The van der Waals surface area contributed by atoms with Crippen molar-refractivity contribution in [3.8, 4) is 0 Å². The first-order valence-electron chi connectivity index (χ1n) is 6.71. The Bertz CT molecular complexity index is 611. The quantitative estimate of drug-likeness (QED) is 0.849. The van der Waals surface area contributed by atoms with E-state index in [0.717, 1.165) is 23.5 Å². The minimum Gasteiger partial charge on any atom is -0.378 e. The molecule has 0 saturated heterocycles. The summed E-state index contributed by atoms with van der Waals surface area (Å²) in [5, 5.41) is 12.2. The van der Waals surface area contributed by atoms with Crippen molar-refractivity contribution in [2.45, 2.75) is 12.8 Å². The summed E-state index contributed by atoms with van der Waals surface area (Å²) in [5.41, 5.74) is 7.03. The average Bonchev–Trinajstić information content (AvgIpc) is 2.92. The van der Waals surface area contributed by atoms with Crippen LogP contribution < -0.4 is 16.0 Å². The van der Waals surface area contributed by atoms with E-state index in [4.69, 9.17) is 5.73 Å². The molecule has 2 aromatic rings. The molecule has 112 valence electrons. The smallest absolute Gasteiger partial charge is 0.257 e. The van der Waals surface area contributed by atoms with E-state index in [9.17, 15) is 4.79 Å². The molecule has 1 aromatic heterocycles. The summed E-state index contributed by atoms with van der Waals surface area (Å²) in [6.07, 6.45) is 1.66. The summed E-state index contributed by atoms with van der Waals surface area (Å²) < 4.78 is 0. The van der Waals surface area contributed by atoms with E-state index in [0.29, 0.717) is 17.2 Å². The van der Waals surface area contributed by atoms with Crippen LogP contribution in [-0.4, -0.2) is 36.7 Å². The molecule has 21 heavy (non-hydrogen) atoms. The van der Waals surface area contributed by atoms with E-state index in [-0.39, 0.29) is 5.91 Å². The lowest BCUT2D eigenvalue weighted by atomic mass is 10.2. The molecule has 7 heteroatoms. The second-order valence-corrected chi connectivity index (χ2v) is 5.85. The van der Waals surface area contributed by atoms with Crippen molar-refractivity contribution in [2.24, 2.45) is 5.73 Å². The first-order chi connectivity index (χ1) is 10.1. The molecule has 0 atom stereocenters. The largest absolute Gasteiger partial charge is 0.378 e. The van der Waals surface area contributed by atoms with Gasteiger partial charge in [0.05, 0.1) is 0 Å². The summed E-state index contributed by atoms with van der Waals surface area (Å²) in [7, 11) is 3.87. The third kappa shape index (κ3) is 4.24. The average molecular weight is 305 g/mol. The van der Waals surface area contributed by atoms with Gasteiger partial charge in [0.1, 0.15) is 5.01 Å². The van der Waals surface area contributed by atoms with Crippen molar-refractivity contribution in [3.05, 3.63) is 34.8 Å². The molecule has 1 amide bonds. The highest BCUT2D eigenvalue weighted by molar-refractivity contribution is 7.15. The van der Waals surface area contributed by atoms with Crippen LogP contribution in [0.1, 0.15) is 21.8 Å². The third-order valence-corrected chi connectivity index (χ3v) is 3.81. The van der Waals surface area contributed by atoms with E-state index in [1.54, 1.807) is 6.07 Å². The zero-order valence-electron chi connectivity index (χ0n) is 12.2. The van der Waals surface area contributed by atoms with Gasteiger partial charge < -0.3 is 10.6 Å². The van der Waals surface area contributed by atoms with Crippen LogP contribution in [0.2, 0.25) is 0 Å². The second-order valence-electron chi connectivity index (χ2n) is 4.79. The molecule has 0 unspecified atom stereocenters. The Labute approximate surface area is 128 Å². The molecule has 2 rings (SSSR count). The first-order valence-corrected chi connectivity index (χ1v) is 7.53.